The minimum absolute atomic E-state index is 0.104. The second-order valence-electron chi connectivity index (χ2n) is 6.55. The molecule has 146 valence electrons. The van der Waals surface area contributed by atoms with E-state index in [0.717, 1.165) is 28.2 Å². The highest BCUT2D eigenvalue weighted by atomic mass is 16.5. The van der Waals surface area contributed by atoms with E-state index in [2.05, 4.69) is 20.3 Å². The summed E-state index contributed by atoms with van der Waals surface area (Å²) >= 11 is 0. The number of fused-ring (bicyclic) bond motifs is 1. The van der Waals surface area contributed by atoms with E-state index in [1.54, 1.807) is 0 Å². The van der Waals surface area contributed by atoms with Crippen molar-refractivity contribution in [1.29, 1.82) is 0 Å². The number of nitrogens with zero attached hydrogens (tertiary/aromatic N) is 3. The fourth-order valence-electron chi connectivity index (χ4n) is 3.01. The molecular weight excluding hydrogens is 378 g/mol. The monoisotopic (exact) mass is 395 g/mol. The maximum absolute atomic E-state index is 5.89. The van der Waals surface area contributed by atoms with Gasteiger partial charge in [-0.15, -0.1) is 0 Å². The van der Waals surface area contributed by atoms with Crippen LogP contribution in [0, 0.1) is 0 Å². The molecule has 5 rings (SSSR count). The largest absolute Gasteiger partial charge is 0.457 e. The Kier molecular flexibility index (Phi) is 4.46. The number of ether oxygens (including phenoxy) is 1. The fourth-order valence-corrected chi connectivity index (χ4v) is 3.01. The lowest BCUT2D eigenvalue weighted by molar-refractivity contribution is 0.483. The number of hydrogen-bond acceptors (Lipinski definition) is 7. The second kappa shape index (κ2) is 7.56. The van der Waals surface area contributed by atoms with E-state index in [1.807, 2.05) is 84.9 Å². The molecule has 0 saturated heterocycles. The van der Waals surface area contributed by atoms with Gasteiger partial charge in [-0.3, -0.25) is 0 Å². The van der Waals surface area contributed by atoms with Crippen molar-refractivity contribution in [3.63, 3.8) is 0 Å². The van der Waals surface area contributed by atoms with Crippen LogP contribution in [-0.4, -0.2) is 15.0 Å². The van der Waals surface area contributed by atoms with Gasteiger partial charge in [-0.05, 0) is 48.5 Å². The zero-order valence-corrected chi connectivity index (χ0v) is 15.8. The molecule has 3 aromatic carbocycles. The average Bonchev–Trinajstić information content (AvgIpc) is 3.20. The van der Waals surface area contributed by atoms with Crippen LogP contribution < -0.4 is 15.8 Å². The van der Waals surface area contributed by atoms with Gasteiger partial charge in [0, 0.05) is 11.1 Å². The predicted molar refractivity (Wildman–Crippen MR) is 116 cm³/mol. The molecule has 3 N–H and O–H groups in total. The van der Waals surface area contributed by atoms with Gasteiger partial charge in [-0.1, -0.05) is 36.4 Å². The summed E-state index contributed by atoms with van der Waals surface area (Å²) < 4.78 is 11.6. The Morgan fingerprint density at radius 2 is 1.50 bits per heavy atom. The Labute approximate surface area is 172 Å². The molecule has 0 atom stereocenters. The van der Waals surface area contributed by atoms with E-state index in [0.29, 0.717) is 17.5 Å². The summed E-state index contributed by atoms with van der Waals surface area (Å²) in [6.45, 7) is 0. The highest BCUT2D eigenvalue weighted by Crippen LogP contribution is 2.27. The van der Waals surface area contributed by atoms with Crippen molar-refractivity contribution >= 4 is 28.6 Å². The number of aromatic nitrogens is 3. The molecule has 0 spiro atoms. The van der Waals surface area contributed by atoms with Crippen LogP contribution in [0.4, 0.5) is 17.6 Å². The molecular formula is C23H17N5O2. The van der Waals surface area contributed by atoms with E-state index >= 15 is 0 Å². The van der Waals surface area contributed by atoms with Crippen molar-refractivity contribution in [3.05, 3.63) is 84.9 Å². The van der Waals surface area contributed by atoms with Crippen LogP contribution >= 0.6 is 0 Å². The highest BCUT2D eigenvalue weighted by molar-refractivity contribution is 5.81. The summed E-state index contributed by atoms with van der Waals surface area (Å²) in [5, 5.41) is 4.11. The maximum atomic E-state index is 5.89. The molecule has 0 aliphatic heterocycles. The zero-order valence-electron chi connectivity index (χ0n) is 15.8. The van der Waals surface area contributed by atoms with E-state index in [-0.39, 0.29) is 5.95 Å². The van der Waals surface area contributed by atoms with Gasteiger partial charge >= 0.3 is 0 Å². The Morgan fingerprint density at radius 3 is 2.30 bits per heavy atom. The van der Waals surface area contributed by atoms with E-state index in [1.165, 1.54) is 0 Å². The maximum Gasteiger partial charge on any atom is 0.232 e. The minimum atomic E-state index is 0.104. The Balaban J connectivity index is 1.37. The molecule has 7 heteroatoms. The van der Waals surface area contributed by atoms with Crippen molar-refractivity contribution < 1.29 is 9.15 Å². The first-order valence-corrected chi connectivity index (χ1v) is 9.33. The smallest absolute Gasteiger partial charge is 0.232 e. The van der Waals surface area contributed by atoms with Crippen LogP contribution in [-0.2, 0) is 0 Å². The first-order valence-electron chi connectivity index (χ1n) is 9.33. The lowest BCUT2D eigenvalue weighted by Gasteiger charge is -2.08. The molecule has 5 aromatic rings. The molecule has 2 aromatic heterocycles. The molecule has 0 aliphatic carbocycles. The van der Waals surface area contributed by atoms with Crippen molar-refractivity contribution in [2.24, 2.45) is 0 Å². The van der Waals surface area contributed by atoms with Crippen molar-refractivity contribution in [2.75, 3.05) is 11.1 Å². The number of hydrogen-bond donors (Lipinski definition) is 2. The fraction of sp³-hybridized carbons (Fsp3) is 0. The van der Waals surface area contributed by atoms with Gasteiger partial charge < -0.3 is 20.2 Å². The molecule has 0 saturated carbocycles. The number of para-hydroxylation sites is 2. The Bertz CT molecular complexity index is 1270. The number of nitrogens with two attached hydrogens (primary N) is 1. The minimum Gasteiger partial charge on any atom is -0.457 e. The topological polar surface area (TPSA) is 99.1 Å². The molecule has 0 fully saturated rings. The van der Waals surface area contributed by atoms with E-state index < -0.39 is 0 Å². The normalized spacial score (nSPS) is 10.8. The number of nitrogen functional groups attached to an aromatic ring is 1. The van der Waals surface area contributed by atoms with Gasteiger partial charge in [0.2, 0.25) is 17.7 Å². The van der Waals surface area contributed by atoms with E-state index in [9.17, 15) is 0 Å². The summed E-state index contributed by atoms with van der Waals surface area (Å²) in [5.74, 6) is 2.83. The van der Waals surface area contributed by atoms with Gasteiger partial charge in [0.25, 0.3) is 0 Å². The molecule has 30 heavy (non-hydrogen) atoms. The Hall–Kier alpha value is -4.39. The summed E-state index contributed by atoms with van der Waals surface area (Å²) in [4.78, 5) is 12.8. The third-order valence-corrected chi connectivity index (χ3v) is 4.39. The van der Waals surface area contributed by atoms with Crippen LogP contribution in [0.5, 0.6) is 11.5 Å². The SMILES string of the molecule is Nc1nc(Nc2ccc(Oc3ccccc3)cc2)nc(-c2cc3ccccc3o2)n1. The third-order valence-electron chi connectivity index (χ3n) is 4.39. The van der Waals surface area contributed by atoms with Gasteiger partial charge in [0.15, 0.2) is 5.76 Å². The summed E-state index contributed by atoms with van der Waals surface area (Å²) in [5.41, 5.74) is 7.44. The summed E-state index contributed by atoms with van der Waals surface area (Å²) in [6.07, 6.45) is 0. The molecule has 0 radical (unpaired) electrons. The molecule has 7 nitrogen and oxygen atoms in total. The quantitative estimate of drug-likeness (QED) is 0.411. The zero-order chi connectivity index (χ0) is 20.3. The van der Waals surface area contributed by atoms with Gasteiger partial charge in [0.05, 0.1) is 0 Å². The van der Waals surface area contributed by atoms with Crippen LogP contribution in [0.1, 0.15) is 0 Å². The molecule has 0 amide bonds. The first-order chi connectivity index (χ1) is 14.7. The molecule has 0 unspecified atom stereocenters. The third kappa shape index (κ3) is 3.77. The molecule has 2 heterocycles. The highest BCUT2D eigenvalue weighted by Gasteiger charge is 2.12. The molecule has 0 bridgehead atoms. The van der Waals surface area contributed by atoms with Crippen molar-refractivity contribution in [3.8, 4) is 23.1 Å². The number of furan rings is 1. The van der Waals surface area contributed by atoms with Gasteiger partial charge in [-0.25, -0.2) is 0 Å². The average molecular weight is 395 g/mol. The lowest BCUT2D eigenvalue weighted by Crippen LogP contribution is -2.04. The van der Waals surface area contributed by atoms with Gasteiger partial charge in [-0.2, -0.15) is 15.0 Å². The van der Waals surface area contributed by atoms with Crippen LogP contribution in [0.3, 0.4) is 0 Å². The predicted octanol–water partition coefficient (Wildman–Crippen LogP) is 5.40. The number of benzene rings is 3. The van der Waals surface area contributed by atoms with Gasteiger partial charge in [0.1, 0.15) is 17.1 Å². The summed E-state index contributed by atoms with van der Waals surface area (Å²) in [7, 11) is 0. The standard InChI is InChI=1S/C23H17N5O2/c24-22-26-21(20-14-15-6-4-5-9-19(15)30-20)27-23(28-22)25-16-10-12-18(13-11-16)29-17-7-2-1-3-8-17/h1-14H,(H3,24,25,26,27,28). The van der Waals surface area contributed by atoms with Crippen molar-refractivity contribution in [1.82, 2.24) is 15.0 Å². The number of anilines is 3. The van der Waals surface area contributed by atoms with Crippen LogP contribution in [0.2, 0.25) is 0 Å². The number of rotatable bonds is 5. The summed E-state index contributed by atoms with van der Waals surface area (Å²) in [6, 6.07) is 26.7. The Morgan fingerprint density at radius 1 is 0.767 bits per heavy atom. The van der Waals surface area contributed by atoms with Crippen molar-refractivity contribution in [2.45, 2.75) is 0 Å². The lowest BCUT2D eigenvalue weighted by atomic mass is 10.2. The van der Waals surface area contributed by atoms with Crippen LogP contribution in [0.25, 0.3) is 22.6 Å². The van der Waals surface area contributed by atoms with Crippen LogP contribution in [0.15, 0.2) is 89.3 Å². The second-order valence-corrected chi connectivity index (χ2v) is 6.55. The first kappa shape index (κ1) is 17.7. The van der Waals surface area contributed by atoms with E-state index in [4.69, 9.17) is 14.9 Å². The molecule has 0 aliphatic rings. The number of nitrogens with one attached hydrogen (secondary N) is 1.